The molecule has 4 atom stereocenters. The molecule has 0 aromatic heterocycles. The number of benzene rings is 2. The van der Waals surface area contributed by atoms with Gasteiger partial charge in [0.2, 0.25) is 0 Å². The van der Waals surface area contributed by atoms with E-state index in [-0.39, 0.29) is 18.0 Å². The smallest absolute Gasteiger partial charge is 0.334 e. The third kappa shape index (κ3) is 4.60. The number of fused-ring (bicyclic) bond motifs is 1. The molecule has 2 aromatic carbocycles. The molecule has 2 heterocycles. The van der Waals surface area contributed by atoms with Crippen molar-refractivity contribution in [1.82, 2.24) is 10.2 Å². The first-order valence-corrected chi connectivity index (χ1v) is 11.7. The number of nitrogens with one attached hydrogen (secondary N) is 1. The fourth-order valence-corrected chi connectivity index (χ4v) is 5.52. The number of ketones is 1. The van der Waals surface area contributed by atoms with Crippen molar-refractivity contribution in [3.63, 3.8) is 0 Å². The number of aliphatic carboxylic acids is 1. The monoisotopic (exact) mass is 496 g/mol. The van der Waals surface area contributed by atoms with E-state index in [1.54, 1.807) is 24.3 Å². The van der Waals surface area contributed by atoms with Gasteiger partial charge in [-0.1, -0.05) is 60.7 Å². The van der Waals surface area contributed by atoms with Crippen LogP contribution >= 0.6 is 11.8 Å². The number of thioether (sulfide) groups is 1. The standard InChI is InChI=1S/C25H24N2O7S/c1-15(28)20-18(22(30)31)13-27-23(32)25(33-2,24(27)35-20)26-21(29)19(17-11-7-4-8-12-17)34-14-16-9-5-3-6-10-16/h3-13,19-20,24H,14H2,1-2H3,(H,26,29)(H,30,31)/t19?,20?,24-,25?/m1/s1. The Morgan fingerprint density at radius 2 is 1.74 bits per heavy atom. The third-order valence-corrected chi connectivity index (χ3v) is 7.50. The zero-order valence-electron chi connectivity index (χ0n) is 19.0. The number of hydrogen-bond acceptors (Lipinski definition) is 7. The highest BCUT2D eigenvalue weighted by Gasteiger charge is 2.66. The molecule has 0 spiro atoms. The van der Waals surface area contributed by atoms with Crippen molar-refractivity contribution >= 4 is 35.3 Å². The summed E-state index contributed by atoms with van der Waals surface area (Å²) in [4.78, 5) is 51.4. The summed E-state index contributed by atoms with van der Waals surface area (Å²) in [6.07, 6.45) is 0.0923. The van der Waals surface area contributed by atoms with Crippen LogP contribution in [-0.2, 0) is 35.3 Å². The predicted octanol–water partition coefficient (Wildman–Crippen LogP) is 2.24. The van der Waals surface area contributed by atoms with Crippen molar-refractivity contribution in [2.45, 2.75) is 36.0 Å². The highest BCUT2D eigenvalue weighted by molar-refractivity contribution is 8.01. The zero-order chi connectivity index (χ0) is 25.2. The van der Waals surface area contributed by atoms with E-state index < -0.39 is 40.2 Å². The van der Waals surface area contributed by atoms with Gasteiger partial charge in [0.05, 0.1) is 17.4 Å². The fourth-order valence-electron chi connectivity index (χ4n) is 4.03. The molecular weight excluding hydrogens is 472 g/mol. The van der Waals surface area contributed by atoms with Crippen LogP contribution in [-0.4, -0.2) is 57.0 Å². The quantitative estimate of drug-likeness (QED) is 0.400. The molecule has 2 amide bonds. The van der Waals surface area contributed by atoms with Crippen LogP contribution in [0.15, 0.2) is 72.4 Å². The second-order valence-corrected chi connectivity index (χ2v) is 9.29. The Labute approximate surface area is 206 Å². The summed E-state index contributed by atoms with van der Waals surface area (Å²) in [5.41, 5.74) is -0.524. The first-order chi connectivity index (χ1) is 16.8. The van der Waals surface area contributed by atoms with Gasteiger partial charge in [0.25, 0.3) is 17.5 Å². The predicted molar refractivity (Wildman–Crippen MR) is 127 cm³/mol. The van der Waals surface area contributed by atoms with Crippen molar-refractivity contribution in [2.24, 2.45) is 0 Å². The molecule has 1 saturated heterocycles. The number of carbonyl (C=O) groups excluding carboxylic acids is 3. The Hall–Kier alpha value is -3.47. The molecule has 2 aliphatic heterocycles. The van der Waals surface area contributed by atoms with E-state index in [1.165, 1.54) is 18.9 Å². The van der Waals surface area contributed by atoms with Crippen LogP contribution in [0.25, 0.3) is 0 Å². The number of amides is 2. The van der Waals surface area contributed by atoms with Gasteiger partial charge in [-0.3, -0.25) is 19.3 Å². The van der Waals surface area contributed by atoms with Crippen molar-refractivity contribution in [3.8, 4) is 0 Å². The number of rotatable bonds is 9. The zero-order valence-corrected chi connectivity index (χ0v) is 19.9. The van der Waals surface area contributed by atoms with Gasteiger partial charge in [-0.15, -0.1) is 11.8 Å². The number of carbonyl (C=O) groups is 4. The van der Waals surface area contributed by atoms with Crippen LogP contribution in [0.3, 0.4) is 0 Å². The molecule has 4 rings (SSSR count). The van der Waals surface area contributed by atoms with Gasteiger partial charge >= 0.3 is 5.97 Å². The lowest BCUT2D eigenvalue weighted by atomic mass is 9.99. The highest BCUT2D eigenvalue weighted by Crippen LogP contribution is 2.47. The van der Waals surface area contributed by atoms with Gasteiger partial charge in [-0.05, 0) is 18.1 Å². The second kappa shape index (κ2) is 10.0. The van der Waals surface area contributed by atoms with Crippen LogP contribution in [0.4, 0.5) is 0 Å². The van der Waals surface area contributed by atoms with Gasteiger partial charge in [0.1, 0.15) is 11.2 Å². The van der Waals surface area contributed by atoms with E-state index in [2.05, 4.69) is 5.32 Å². The van der Waals surface area contributed by atoms with E-state index in [4.69, 9.17) is 9.47 Å². The molecule has 2 N–H and O–H groups in total. The third-order valence-electron chi connectivity index (χ3n) is 5.83. The van der Waals surface area contributed by atoms with Crippen molar-refractivity contribution in [3.05, 3.63) is 83.6 Å². The number of nitrogens with zero attached hydrogens (tertiary/aromatic N) is 1. The molecule has 182 valence electrons. The van der Waals surface area contributed by atoms with Crippen molar-refractivity contribution in [1.29, 1.82) is 0 Å². The second-order valence-electron chi connectivity index (χ2n) is 8.10. The number of hydrogen-bond donors (Lipinski definition) is 2. The van der Waals surface area contributed by atoms with E-state index in [1.807, 2.05) is 36.4 Å². The van der Waals surface area contributed by atoms with Crippen LogP contribution in [0.2, 0.25) is 0 Å². The summed E-state index contributed by atoms with van der Waals surface area (Å²) in [5, 5.41) is 10.3. The van der Waals surface area contributed by atoms with E-state index in [9.17, 15) is 24.3 Å². The average molecular weight is 497 g/mol. The summed E-state index contributed by atoms with van der Waals surface area (Å²) in [7, 11) is 1.28. The molecule has 0 radical (unpaired) electrons. The molecule has 2 aromatic rings. The summed E-state index contributed by atoms with van der Waals surface area (Å²) < 4.78 is 11.5. The van der Waals surface area contributed by atoms with Gasteiger partial charge in [-0.2, -0.15) is 0 Å². The normalized spacial score (nSPS) is 24.0. The largest absolute Gasteiger partial charge is 0.478 e. The maximum Gasteiger partial charge on any atom is 0.334 e. The minimum atomic E-state index is -1.78. The summed E-state index contributed by atoms with van der Waals surface area (Å²) in [6.45, 7) is 1.43. The Balaban J connectivity index is 1.59. The molecular formula is C25H24N2O7S. The summed E-state index contributed by atoms with van der Waals surface area (Å²) in [5.74, 6) is -2.91. The minimum absolute atomic E-state index is 0.156. The highest BCUT2D eigenvalue weighted by atomic mass is 32.2. The van der Waals surface area contributed by atoms with E-state index >= 15 is 0 Å². The number of carboxylic acid groups (broad SMARTS) is 1. The Morgan fingerprint density at radius 1 is 1.11 bits per heavy atom. The van der Waals surface area contributed by atoms with Crippen molar-refractivity contribution in [2.75, 3.05) is 7.11 Å². The lowest BCUT2D eigenvalue weighted by Gasteiger charge is -2.55. The van der Waals surface area contributed by atoms with Gasteiger partial charge in [0, 0.05) is 13.3 Å². The average Bonchev–Trinajstić information content (AvgIpc) is 2.87. The van der Waals surface area contributed by atoms with Crippen molar-refractivity contribution < 1.29 is 33.8 Å². The molecule has 0 bridgehead atoms. The summed E-state index contributed by atoms with van der Waals surface area (Å²) >= 11 is 0.947. The molecule has 3 unspecified atom stereocenters. The molecule has 1 fully saturated rings. The SMILES string of the molecule is COC1(NC(=O)C(OCc2ccccc2)c2ccccc2)C(=O)N2C=C(C(=O)O)C(C(C)=O)S[C@@H]21. The Morgan fingerprint density at radius 3 is 2.31 bits per heavy atom. The summed E-state index contributed by atoms with van der Waals surface area (Å²) in [6, 6.07) is 18.2. The van der Waals surface area contributed by atoms with Gasteiger partial charge < -0.3 is 19.9 Å². The maximum absolute atomic E-state index is 13.5. The number of ether oxygens (including phenoxy) is 2. The first kappa shape index (κ1) is 24.6. The van der Waals surface area contributed by atoms with Crippen LogP contribution in [0, 0.1) is 0 Å². The lowest BCUT2D eigenvalue weighted by molar-refractivity contribution is -0.191. The molecule has 9 nitrogen and oxygen atoms in total. The lowest BCUT2D eigenvalue weighted by Crippen LogP contribution is -2.80. The molecule has 35 heavy (non-hydrogen) atoms. The van der Waals surface area contributed by atoms with Gasteiger partial charge in [0.15, 0.2) is 6.10 Å². The van der Waals surface area contributed by atoms with Crippen LogP contribution in [0.5, 0.6) is 0 Å². The van der Waals surface area contributed by atoms with E-state index in [0.29, 0.717) is 5.56 Å². The molecule has 0 aliphatic carbocycles. The van der Waals surface area contributed by atoms with Crippen LogP contribution < -0.4 is 5.32 Å². The number of β-lactam (4-membered cyclic amide) rings is 1. The Bertz CT molecular complexity index is 1170. The number of methoxy groups -OCH3 is 1. The Kier molecular flexibility index (Phi) is 7.06. The first-order valence-electron chi connectivity index (χ1n) is 10.8. The maximum atomic E-state index is 13.5. The molecule has 2 aliphatic rings. The fraction of sp³-hybridized carbons (Fsp3) is 0.280. The van der Waals surface area contributed by atoms with E-state index in [0.717, 1.165) is 23.5 Å². The van der Waals surface area contributed by atoms with Gasteiger partial charge in [-0.25, -0.2) is 4.79 Å². The number of Topliss-reactive ketones (excluding diaryl/α,β-unsaturated/α-hetero) is 1. The van der Waals surface area contributed by atoms with Crippen LogP contribution in [0.1, 0.15) is 24.2 Å². The molecule has 0 saturated carbocycles. The molecule has 10 heteroatoms. The minimum Gasteiger partial charge on any atom is -0.478 e. The topological polar surface area (TPSA) is 122 Å². The number of carboxylic acids is 1.